The predicted octanol–water partition coefficient (Wildman–Crippen LogP) is 2.77. The maximum Gasteiger partial charge on any atom is 0.311 e. The van der Waals surface area contributed by atoms with Crippen LogP contribution in [0.5, 0.6) is 0 Å². The zero-order chi connectivity index (χ0) is 14.3. The summed E-state index contributed by atoms with van der Waals surface area (Å²) in [4.78, 5) is 14.6. The average Bonchev–Trinajstić information content (AvgIpc) is 2.33. The summed E-state index contributed by atoms with van der Waals surface area (Å²) in [5.41, 5.74) is 0.762. The van der Waals surface area contributed by atoms with E-state index in [0.29, 0.717) is 24.9 Å². The van der Waals surface area contributed by atoms with Gasteiger partial charge < -0.3 is 10.1 Å². The number of nitro groups is 1. The number of rotatable bonds is 8. The SMILES string of the molecule is Cc1ccc([N+](=O)[O-])c(NCCCOCC(C)C)n1. The quantitative estimate of drug-likeness (QED) is 0.445. The van der Waals surface area contributed by atoms with Gasteiger partial charge in [0.15, 0.2) is 0 Å². The standard InChI is InChI=1S/C13H21N3O3/c1-10(2)9-19-8-4-7-14-13-12(16(17)18)6-5-11(3)15-13/h5-6,10H,4,7-9H2,1-3H3,(H,14,15). The Balaban J connectivity index is 2.40. The minimum absolute atomic E-state index is 0.00805. The van der Waals surface area contributed by atoms with Crippen LogP contribution in [-0.4, -0.2) is 29.7 Å². The van der Waals surface area contributed by atoms with Crippen LogP contribution in [0.4, 0.5) is 11.5 Å². The average molecular weight is 267 g/mol. The van der Waals surface area contributed by atoms with Crippen molar-refractivity contribution in [2.45, 2.75) is 27.2 Å². The second kappa shape index (κ2) is 7.68. The van der Waals surface area contributed by atoms with E-state index in [9.17, 15) is 10.1 Å². The number of aryl methyl sites for hydroxylation is 1. The van der Waals surface area contributed by atoms with Crippen LogP contribution in [0, 0.1) is 23.0 Å². The molecule has 0 atom stereocenters. The van der Waals surface area contributed by atoms with Crippen LogP contribution < -0.4 is 5.32 Å². The Morgan fingerprint density at radius 2 is 2.21 bits per heavy atom. The van der Waals surface area contributed by atoms with Crippen LogP contribution in [0.25, 0.3) is 0 Å². The Hall–Kier alpha value is -1.69. The first kappa shape index (κ1) is 15.4. The van der Waals surface area contributed by atoms with E-state index in [2.05, 4.69) is 24.1 Å². The Bertz CT molecular complexity index is 422. The number of hydrogen-bond acceptors (Lipinski definition) is 5. The molecule has 1 aromatic heterocycles. The minimum atomic E-state index is -0.427. The molecule has 1 aromatic rings. The minimum Gasteiger partial charge on any atom is -0.381 e. The summed E-state index contributed by atoms with van der Waals surface area (Å²) in [7, 11) is 0. The van der Waals surface area contributed by atoms with E-state index in [1.165, 1.54) is 6.07 Å². The molecule has 1 heterocycles. The van der Waals surface area contributed by atoms with Gasteiger partial charge in [-0.05, 0) is 25.3 Å². The van der Waals surface area contributed by atoms with Gasteiger partial charge >= 0.3 is 5.69 Å². The van der Waals surface area contributed by atoms with Crippen LogP contribution in [0.2, 0.25) is 0 Å². The monoisotopic (exact) mass is 267 g/mol. The molecule has 6 nitrogen and oxygen atoms in total. The molecule has 106 valence electrons. The summed E-state index contributed by atoms with van der Waals surface area (Å²) >= 11 is 0. The smallest absolute Gasteiger partial charge is 0.311 e. The number of hydrogen-bond donors (Lipinski definition) is 1. The highest BCUT2D eigenvalue weighted by molar-refractivity contribution is 5.55. The van der Waals surface area contributed by atoms with Crippen molar-refractivity contribution in [3.8, 4) is 0 Å². The Labute approximate surface area is 113 Å². The summed E-state index contributed by atoms with van der Waals surface area (Å²) in [6.45, 7) is 7.99. The predicted molar refractivity (Wildman–Crippen MR) is 74.4 cm³/mol. The molecule has 0 bridgehead atoms. The molecule has 0 fully saturated rings. The van der Waals surface area contributed by atoms with Crippen molar-refractivity contribution in [3.63, 3.8) is 0 Å². The molecule has 0 aromatic carbocycles. The lowest BCUT2D eigenvalue weighted by Crippen LogP contribution is -2.10. The zero-order valence-electron chi connectivity index (χ0n) is 11.7. The third-order valence-electron chi connectivity index (χ3n) is 2.42. The van der Waals surface area contributed by atoms with Crippen molar-refractivity contribution < 1.29 is 9.66 Å². The van der Waals surface area contributed by atoms with Gasteiger partial charge in [0.2, 0.25) is 5.82 Å². The van der Waals surface area contributed by atoms with Crippen molar-refractivity contribution in [2.75, 3.05) is 25.1 Å². The maximum atomic E-state index is 10.8. The highest BCUT2D eigenvalue weighted by Gasteiger charge is 2.14. The fourth-order valence-corrected chi connectivity index (χ4v) is 1.53. The van der Waals surface area contributed by atoms with Gasteiger partial charge in [-0.3, -0.25) is 10.1 Å². The Morgan fingerprint density at radius 1 is 1.47 bits per heavy atom. The number of nitrogens with zero attached hydrogens (tertiary/aromatic N) is 2. The Morgan fingerprint density at radius 3 is 2.84 bits per heavy atom. The molecule has 0 spiro atoms. The fraction of sp³-hybridized carbons (Fsp3) is 0.615. The molecular formula is C13H21N3O3. The molecule has 0 saturated carbocycles. The zero-order valence-corrected chi connectivity index (χ0v) is 11.7. The van der Waals surface area contributed by atoms with E-state index < -0.39 is 4.92 Å². The lowest BCUT2D eigenvalue weighted by molar-refractivity contribution is -0.384. The van der Waals surface area contributed by atoms with Gasteiger partial charge in [0.25, 0.3) is 0 Å². The number of pyridine rings is 1. The first-order valence-electron chi connectivity index (χ1n) is 6.44. The molecule has 0 saturated heterocycles. The summed E-state index contributed by atoms with van der Waals surface area (Å²) in [6, 6.07) is 3.11. The second-order valence-electron chi connectivity index (χ2n) is 4.83. The molecular weight excluding hydrogens is 246 g/mol. The van der Waals surface area contributed by atoms with Gasteiger partial charge in [-0.1, -0.05) is 13.8 Å². The fourth-order valence-electron chi connectivity index (χ4n) is 1.53. The lowest BCUT2D eigenvalue weighted by atomic mass is 10.2. The molecule has 0 unspecified atom stereocenters. The number of aromatic nitrogens is 1. The molecule has 0 aliphatic rings. The first-order chi connectivity index (χ1) is 9.00. The van der Waals surface area contributed by atoms with Crippen LogP contribution in [0.3, 0.4) is 0 Å². The summed E-state index contributed by atoms with van der Waals surface area (Å²) in [5, 5.41) is 13.8. The van der Waals surface area contributed by atoms with Gasteiger partial charge in [-0.2, -0.15) is 0 Å². The van der Waals surface area contributed by atoms with Gasteiger partial charge in [0, 0.05) is 31.5 Å². The lowest BCUT2D eigenvalue weighted by Gasteiger charge is -2.08. The molecule has 0 aliphatic heterocycles. The Kier molecular flexibility index (Phi) is 6.21. The van der Waals surface area contributed by atoms with Crippen LogP contribution in [0.1, 0.15) is 26.0 Å². The number of anilines is 1. The third-order valence-corrected chi connectivity index (χ3v) is 2.42. The number of nitrogens with one attached hydrogen (secondary N) is 1. The molecule has 6 heteroatoms. The van der Waals surface area contributed by atoms with Crippen molar-refractivity contribution in [1.29, 1.82) is 0 Å². The van der Waals surface area contributed by atoms with Crippen molar-refractivity contribution >= 4 is 11.5 Å². The molecule has 0 amide bonds. The molecule has 1 N–H and O–H groups in total. The first-order valence-corrected chi connectivity index (χ1v) is 6.44. The summed E-state index contributed by atoms with van der Waals surface area (Å²) in [6.07, 6.45) is 0.791. The molecule has 19 heavy (non-hydrogen) atoms. The van der Waals surface area contributed by atoms with Gasteiger partial charge in [0.1, 0.15) is 0 Å². The third kappa shape index (κ3) is 5.65. The van der Waals surface area contributed by atoms with E-state index in [1.54, 1.807) is 13.0 Å². The second-order valence-corrected chi connectivity index (χ2v) is 4.83. The highest BCUT2D eigenvalue weighted by Crippen LogP contribution is 2.21. The van der Waals surface area contributed by atoms with Gasteiger partial charge in [0.05, 0.1) is 4.92 Å². The van der Waals surface area contributed by atoms with Crippen LogP contribution >= 0.6 is 0 Å². The van der Waals surface area contributed by atoms with Gasteiger partial charge in [-0.15, -0.1) is 0 Å². The topological polar surface area (TPSA) is 77.3 Å². The number of ether oxygens (including phenoxy) is 1. The van der Waals surface area contributed by atoms with E-state index in [0.717, 1.165) is 18.7 Å². The van der Waals surface area contributed by atoms with E-state index >= 15 is 0 Å². The molecule has 0 aliphatic carbocycles. The van der Waals surface area contributed by atoms with E-state index in [1.807, 2.05) is 0 Å². The van der Waals surface area contributed by atoms with Crippen molar-refractivity contribution in [1.82, 2.24) is 4.98 Å². The maximum absolute atomic E-state index is 10.8. The highest BCUT2D eigenvalue weighted by atomic mass is 16.6. The van der Waals surface area contributed by atoms with E-state index in [-0.39, 0.29) is 5.69 Å². The summed E-state index contributed by atoms with van der Waals surface area (Å²) < 4.78 is 5.44. The van der Waals surface area contributed by atoms with Crippen molar-refractivity contribution in [2.24, 2.45) is 5.92 Å². The van der Waals surface area contributed by atoms with E-state index in [4.69, 9.17) is 4.74 Å². The summed E-state index contributed by atoms with van der Waals surface area (Å²) in [5.74, 6) is 0.848. The molecule has 1 rings (SSSR count). The normalized spacial score (nSPS) is 10.7. The molecule has 0 radical (unpaired) electrons. The largest absolute Gasteiger partial charge is 0.381 e. The van der Waals surface area contributed by atoms with Crippen LogP contribution in [-0.2, 0) is 4.74 Å². The van der Waals surface area contributed by atoms with Crippen molar-refractivity contribution in [3.05, 3.63) is 27.9 Å². The van der Waals surface area contributed by atoms with Gasteiger partial charge in [-0.25, -0.2) is 4.98 Å². The van der Waals surface area contributed by atoms with Crippen LogP contribution in [0.15, 0.2) is 12.1 Å².